The highest BCUT2D eigenvalue weighted by Crippen LogP contribution is 2.42. The van der Waals surface area contributed by atoms with Crippen molar-refractivity contribution in [2.75, 3.05) is 30.0 Å². The van der Waals surface area contributed by atoms with E-state index in [0.29, 0.717) is 0 Å². The molecule has 25 heavy (non-hydrogen) atoms. The molecule has 2 aromatic rings. The Morgan fingerprint density at radius 2 is 2.08 bits per heavy atom. The van der Waals surface area contributed by atoms with Gasteiger partial charge in [0.2, 0.25) is 5.91 Å². The zero-order valence-electron chi connectivity index (χ0n) is 14.8. The van der Waals surface area contributed by atoms with E-state index in [1.807, 2.05) is 43.0 Å². The molecular formula is C19H22N4O2. The molecule has 1 saturated heterocycles. The standard InChI is InChI=1S/C19H22N4O2/c1-19(2)15-5-4-9-20-17(15)23(18(19)24)13-8-10-22(12-13)16-7-6-14(25-3)11-21-16/h4-7,9,11,13H,8,10,12H2,1-3H3. The van der Waals surface area contributed by atoms with E-state index in [9.17, 15) is 4.79 Å². The van der Waals surface area contributed by atoms with Gasteiger partial charge < -0.3 is 9.64 Å². The monoisotopic (exact) mass is 338 g/mol. The molecule has 2 aromatic heterocycles. The van der Waals surface area contributed by atoms with E-state index in [1.165, 1.54) is 0 Å². The first-order valence-electron chi connectivity index (χ1n) is 8.56. The van der Waals surface area contributed by atoms with Crippen LogP contribution in [0.4, 0.5) is 11.6 Å². The van der Waals surface area contributed by atoms with Crippen molar-refractivity contribution in [3.63, 3.8) is 0 Å². The van der Waals surface area contributed by atoms with Crippen LogP contribution in [-0.2, 0) is 10.2 Å². The summed E-state index contributed by atoms with van der Waals surface area (Å²) in [5, 5.41) is 0. The molecule has 0 bridgehead atoms. The second-order valence-electron chi connectivity index (χ2n) is 7.12. The summed E-state index contributed by atoms with van der Waals surface area (Å²) in [6.45, 7) is 5.59. The van der Waals surface area contributed by atoms with Crippen LogP contribution in [0, 0.1) is 0 Å². The van der Waals surface area contributed by atoms with Gasteiger partial charge >= 0.3 is 0 Å². The van der Waals surface area contributed by atoms with E-state index in [0.717, 1.165) is 42.5 Å². The molecule has 1 fully saturated rings. The van der Waals surface area contributed by atoms with Crippen molar-refractivity contribution >= 4 is 17.5 Å². The first kappa shape index (κ1) is 15.9. The lowest BCUT2D eigenvalue weighted by atomic mass is 9.87. The van der Waals surface area contributed by atoms with E-state index in [4.69, 9.17) is 4.74 Å². The van der Waals surface area contributed by atoms with Gasteiger partial charge in [0.25, 0.3) is 0 Å². The van der Waals surface area contributed by atoms with Crippen LogP contribution < -0.4 is 14.5 Å². The van der Waals surface area contributed by atoms with Crippen molar-refractivity contribution in [1.29, 1.82) is 0 Å². The molecule has 0 aromatic carbocycles. The van der Waals surface area contributed by atoms with Gasteiger partial charge in [-0.3, -0.25) is 9.69 Å². The Morgan fingerprint density at radius 3 is 2.80 bits per heavy atom. The van der Waals surface area contributed by atoms with Crippen LogP contribution in [0.5, 0.6) is 5.75 Å². The van der Waals surface area contributed by atoms with Crippen molar-refractivity contribution in [3.05, 3.63) is 42.2 Å². The molecule has 1 unspecified atom stereocenters. The lowest BCUT2D eigenvalue weighted by Crippen LogP contribution is -2.44. The van der Waals surface area contributed by atoms with Crippen LogP contribution in [0.3, 0.4) is 0 Å². The smallest absolute Gasteiger partial charge is 0.238 e. The van der Waals surface area contributed by atoms with Crippen LogP contribution in [0.25, 0.3) is 0 Å². The van der Waals surface area contributed by atoms with Gasteiger partial charge in [-0.2, -0.15) is 0 Å². The minimum absolute atomic E-state index is 0.117. The lowest BCUT2D eigenvalue weighted by Gasteiger charge is -2.26. The zero-order chi connectivity index (χ0) is 17.6. The first-order chi connectivity index (χ1) is 12.0. The largest absolute Gasteiger partial charge is 0.495 e. The molecule has 0 N–H and O–H groups in total. The van der Waals surface area contributed by atoms with Crippen molar-refractivity contribution in [1.82, 2.24) is 9.97 Å². The molecule has 0 saturated carbocycles. The van der Waals surface area contributed by atoms with E-state index in [-0.39, 0.29) is 11.9 Å². The van der Waals surface area contributed by atoms with Crippen LogP contribution >= 0.6 is 0 Å². The summed E-state index contributed by atoms with van der Waals surface area (Å²) in [5.74, 6) is 2.60. The average Bonchev–Trinajstić information content (AvgIpc) is 3.18. The summed E-state index contributed by atoms with van der Waals surface area (Å²) in [5.41, 5.74) is 0.496. The number of hydrogen-bond acceptors (Lipinski definition) is 5. The highest BCUT2D eigenvalue weighted by Gasteiger charge is 2.48. The summed E-state index contributed by atoms with van der Waals surface area (Å²) >= 11 is 0. The Labute approximate surface area is 147 Å². The fraction of sp³-hybridized carbons (Fsp3) is 0.421. The van der Waals surface area contributed by atoms with Gasteiger partial charge in [0.05, 0.1) is 24.8 Å². The second-order valence-corrected chi connectivity index (χ2v) is 7.12. The molecule has 2 aliphatic rings. The number of pyridine rings is 2. The van der Waals surface area contributed by atoms with Gasteiger partial charge in [0, 0.05) is 24.8 Å². The minimum Gasteiger partial charge on any atom is -0.495 e. The zero-order valence-corrected chi connectivity index (χ0v) is 14.8. The molecule has 1 amide bonds. The number of ether oxygens (including phenoxy) is 1. The number of fused-ring (bicyclic) bond motifs is 1. The van der Waals surface area contributed by atoms with Crippen molar-refractivity contribution in [3.8, 4) is 5.75 Å². The molecule has 1 atom stereocenters. The fourth-order valence-corrected chi connectivity index (χ4v) is 3.77. The average molecular weight is 338 g/mol. The summed E-state index contributed by atoms with van der Waals surface area (Å²) < 4.78 is 5.17. The molecule has 4 rings (SSSR count). The number of carbonyl (C=O) groups excluding carboxylic acids is 1. The van der Waals surface area contributed by atoms with E-state index in [2.05, 4.69) is 14.9 Å². The van der Waals surface area contributed by atoms with E-state index < -0.39 is 5.41 Å². The third-order valence-corrected chi connectivity index (χ3v) is 5.25. The molecule has 0 radical (unpaired) electrons. The molecule has 0 aliphatic carbocycles. The maximum Gasteiger partial charge on any atom is 0.238 e. The van der Waals surface area contributed by atoms with Gasteiger partial charge in [0.15, 0.2) is 0 Å². The van der Waals surface area contributed by atoms with E-state index >= 15 is 0 Å². The van der Waals surface area contributed by atoms with Crippen LogP contribution in [-0.4, -0.2) is 42.1 Å². The number of nitrogens with zero attached hydrogens (tertiary/aromatic N) is 4. The molecule has 130 valence electrons. The topological polar surface area (TPSA) is 58.6 Å². The van der Waals surface area contributed by atoms with Gasteiger partial charge in [-0.25, -0.2) is 9.97 Å². The molecule has 2 aliphatic heterocycles. The number of rotatable bonds is 3. The van der Waals surface area contributed by atoms with Gasteiger partial charge in [-0.05, 0) is 38.5 Å². The summed E-state index contributed by atoms with van der Waals surface area (Å²) in [4.78, 5) is 26.1. The van der Waals surface area contributed by atoms with Crippen molar-refractivity contribution in [2.24, 2.45) is 0 Å². The first-order valence-corrected chi connectivity index (χ1v) is 8.56. The number of amides is 1. The van der Waals surface area contributed by atoms with Crippen LogP contribution in [0.1, 0.15) is 25.8 Å². The number of anilines is 2. The predicted molar refractivity (Wildman–Crippen MR) is 96.2 cm³/mol. The Balaban J connectivity index is 1.58. The Kier molecular flexibility index (Phi) is 3.63. The predicted octanol–water partition coefficient (Wildman–Crippen LogP) is 2.39. The van der Waals surface area contributed by atoms with Crippen molar-refractivity contribution < 1.29 is 9.53 Å². The maximum atomic E-state index is 13.0. The van der Waals surface area contributed by atoms with Crippen LogP contribution in [0.2, 0.25) is 0 Å². The minimum atomic E-state index is -0.518. The second kappa shape index (κ2) is 5.72. The lowest BCUT2D eigenvalue weighted by molar-refractivity contribution is -0.122. The summed E-state index contributed by atoms with van der Waals surface area (Å²) in [6, 6.07) is 7.91. The van der Waals surface area contributed by atoms with Gasteiger partial charge in [0.1, 0.15) is 17.4 Å². The van der Waals surface area contributed by atoms with Gasteiger partial charge in [-0.1, -0.05) is 6.07 Å². The highest BCUT2D eigenvalue weighted by molar-refractivity contribution is 6.07. The third kappa shape index (κ3) is 2.44. The van der Waals surface area contributed by atoms with Crippen molar-refractivity contribution in [2.45, 2.75) is 31.7 Å². The van der Waals surface area contributed by atoms with E-state index in [1.54, 1.807) is 19.5 Å². The highest BCUT2D eigenvalue weighted by atomic mass is 16.5. The third-order valence-electron chi connectivity index (χ3n) is 5.25. The number of methoxy groups -OCH3 is 1. The van der Waals surface area contributed by atoms with Gasteiger partial charge in [-0.15, -0.1) is 0 Å². The fourth-order valence-electron chi connectivity index (χ4n) is 3.77. The molecular weight excluding hydrogens is 316 g/mol. The summed E-state index contributed by atoms with van der Waals surface area (Å²) in [6.07, 6.45) is 4.40. The SMILES string of the molecule is COc1ccc(N2CCC(N3C(=O)C(C)(C)c4cccnc43)C2)nc1. The Bertz CT molecular complexity index is 803. The molecule has 4 heterocycles. The molecule has 6 nitrogen and oxygen atoms in total. The normalized spacial score (nSPS) is 21.6. The van der Waals surface area contributed by atoms with Crippen LogP contribution in [0.15, 0.2) is 36.7 Å². The summed E-state index contributed by atoms with van der Waals surface area (Å²) in [7, 11) is 1.63. The maximum absolute atomic E-state index is 13.0. The number of aromatic nitrogens is 2. The quantitative estimate of drug-likeness (QED) is 0.860. The Morgan fingerprint density at radius 1 is 1.24 bits per heavy atom. The number of hydrogen-bond donors (Lipinski definition) is 0. The molecule has 0 spiro atoms. The molecule has 6 heteroatoms. The number of carbonyl (C=O) groups is 1. The Hall–Kier alpha value is -2.63.